The van der Waals surface area contributed by atoms with E-state index in [1.807, 2.05) is 23.0 Å². The maximum absolute atomic E-state index is 11.6. The van der Waals surface area contributed by atoms with Crippen molar-refractivity contribution in [3.05, 3.63) is 54.4 Å². The van der Waals surface area contributed by atoms with Gasteiger partial charge < -0.3 is 19.6 Å². The number of amides is 1. The molecule has 2 bridgehead atoms. The molecule has 6 rings (SSSR count). The average molecular weight is 431 g/mol. The first-order chi connectivity index (χ1) is 15.6. The molecule has 0 aliphatic carbocycles. The molecular formula is C24H25N5O3. The average Bonchev–Trinajstić information content (AvgIpc) is 3.44. The van der Waals surface area contributed by atoms with Crippen molar-refractivity contribution in [1.29, 1.82) is 0 Å². The molecule has 0 saturated carbocycles. The van der Waals surface area contributed by atoms with Crippen LogP contribution in [0.2, 0.25) is 0 Å². The fraction of sp³-hybridized carbons (Fsp3) is 0.375. The van der Waals surface area contributed by atoms with Crippen LogP contribution < -0.4 is 9.64 Å². The van der Waals surface area contributed by atoms with Crippen LogP contribution >= 0.6 is 0 Å². The van der Waals surface area contributed by atoms with Crippen molar-refractivity contribution < 1.29 is 14.6 Å². The van der Waals surface area contributed by atoms with Gasteiger partial charge in [0.1, 0.15) is 12.4 Å². The molecular weight excluding hydrogens is 406 g/mol. The van der Waals surface area contributed by atoms with Gasteiger partial charge in [-0.05, 0) is 67.1 Å². The quantitative estimate of drug-likeness (QED) is 0.676. The van der Waals surface area contributed by atoms with Crippen LogP contribution in [0.1, 0.15) is 31.2 Å². The number of rotatable bonds is 3. The Hall–Kier alpha value is -3.55. The first kappa shape index (κ1) is 19.2. The van der Waals surface area contributed by atoms with Crippen molar-refractivity contribution in [2.75, 3.05) is 11.9 Å². The zero-order valence-electron chi connectivity index (χ0n) is 17.9. The summed E-state index contributed by atoms with van der Waals surface area (Å²) in [5.74, 6) is 1.52. The first-order valence-corrected chi connectivity index (χ1v) is 11.1. The van der Waals surface area contributed by atoms with Gasteiger partial charge in [0, 0.05) is 43.1 Å². The lowest BCUT2D eigenvalue weighted by atomic mass is 9.96. The largest absolute Gasteiger partial charge is 0.472 e. The predicted molar refractivity (Wildman–Crippen MR) is 119 cm³/mol. The zero-order chi connectivity index (χ0) is 21.8. The van der Waals surface area contributed by atoms with Gasteiger partial charge in [0.25, 0.3) is 0 Å². The molecule has 2 unspecified atom stereocenters. The highest BCUT2D eigenvalue weighted by molar-refractivity contribution is 5.75. The maximum Gasteiger partial charge on any atom is 0.407 e. The molecule has 32 heavy (non-hydrogen) atoms. The van der Waals surface area contributed by atoms with Crippen molar-refractivity contribution in [2.24, 2.45) is 0 Å². The van der Waals surface area contributed by atoms with Gasteiger partial charge in [0.15, 0.2) is 0 Å². The Balaban J connectivity index is 1.25. The van der Waals surface area contributed by atoms with Gasteiger partial charge in [-0.1, -0.05) is 6.07 Å². The maximum atomic E-state index is 11.6. The standard InChI is InChI=1S/C24H25N5O3/c1-27(19-12-17-3-4-18(13-19)29(17)24(30)31)22-8-7-21-20-6-5-16(28-10-2-9-25-28)11-15(20)14-32-23(21)26-22/h2,5-11,17-19H,3-4,12-14H2,1H3,(H,30,31). The van der Waals surface area contributed by atoms with E-state index in [0.29, 0.717) is 12.5 Å². The van der Waals surface area contributed by atoms with Crippen LogP contribution in [-0.4, -0.2) is 56.0 Å². The molecule has 3 aliphatic rings. The summed E-state index contributed by atoms with van der Waals surface area (Å²) in [5, 5.41) is 13.8. The third-order valence-corrected chi connectivity index (χ3v) is 7.20. The van der Waals surface area contributed by atoms with Crippen LogP contribution in [0.4, 0.5) is 10.6 Å². The van der Waals surface area contributed by atoms with E-state index < -0.39 is 6.09 Å². The smallest absolute Gasteiger partial charge is 0.407 e. The van der Waals surface area contributed by atoms with Gasteiger partial charge in [0.05, 0.1) is 5.69 Å². The number of carbonyl (C=O) groups is 1. The van der Waals surface area contributed by atoms with Gasteiger partial charge in [-0.15, -0.1) is 0 Å². The van der Waals surface area contributed by atoms with E-state index in [2.05, 4.69) is 41.3 Å². The third kappa shape index (κ3) is 3.01. The minimum atomic E-state index is -0.784. The molecule has 5 heterocycles. The number of nitrogens with zero attached hydrogens (tertiary/aromatic N) is 5. The van der Waals surface area contributed by atoms with E-state index in [-0.39, 0.29) is 18.1 Å². The van der Waals surface area contributed by atoms with Crippen molar-refractivity contribution >= 4 is 11.9 Å². The lowest BCUT2D eigenvalue weighted by Gasteiger charge is -2.41. The molecule has 0 radical (unpaired) electrons. The number of aromatic nitrogens is 3. The number of hydrogen-bond acceptors (Lipinski definition) is 5. The lowest BCUT2D eigenvalue weighted by Crippen LogP contribution is -2.51. The van der Waals surface area contributed by atoms with Crippen LogP contribution in [0.3, 0.4) is 0 Å². The monoisotopic (exact) mass is 431 g/mol. The second-order valence-corrected chi connectivity index (χ2v) is 8.91. The van der Waals surface area contributed by atoms with Gasteiger partial charge >= 0.3 is 6.09 Å². The highest BCUT2D eigenvalue weighted by Gasteiger charge is 2.44. The molecule has 8 nitrogen and oxygen atoms in total. The number of hydrogen-bond donors (Lipinski definition) is 1. The topological polar surface area (TPSA) is 83.7 Å². The van der Waals surface area contributed by atoms with Crippen molar-refractivity contribution in [3.63, 3.8) is 0 Å². The number of fused-ring (bicyclic) bond motifs is 5. The highest BCUT2D eigenvalue weighted by Crippen LogP contribution is 2.41. The number of benzene rings is 1. The molecule has 3 aromatic rings. The van der Waals surface area contributed by atoms with Crippen molar-refractivity contribution in [3.8, 4) is 22.7 Å². The van der Waals surface area contributed by atoms with E-state index in [4.69, 9.17) is 9.72 Å². The summed E-state index contributed by atoms with van der Waals surface area (Å²) in [5.41, 5.74) is 4.26. The molecule has 0 spiro atoms. The van der Waals surface area contributed by atoms with E-state index in [9.17, 15) is 9.90 Å². The van der Waals surface area contributed by atoms with Crippen LogP contribution in [0, 0.1) is 0 Å². The molecule has 2 aromatic heterocycles. The lowest BCUT2D eigenvalue weighted by molar-refractivity contribution is 0.0965. The molecule has 2 atom stereocenters. The SMILES string of the molecule is CN(c1ccc2c(n1)OCc1cc(-n3cccn3)ccc1-2)C1CC2CCC(C1)N2C(=O)O. The Kier molecular flexibility index (Phi) is 4.34. The van der Waals surface area contributed by atoms with Crippen LogP contribution in [0.25, 0.3) is 16.8 Å². The van der Waals surface area contributed by atoms with E-state index in [0.717, 1.165) is 53.9 Å². The number of anilines is 1. The summed E-state index contributed by atoms with van der Waals surface area (Å²) in [6, 6.07) is 12.8. The molecule has 3 aliphatic heterocycles. The summed E-state index contributed by atoms with van der Waals surface area (Å²) in [6.07, 6.45) is 6.52. The fourth-order valence-corrected chi connectivity index (χ4v) is 5.58. The molecule has 164 valence electrons. The minimum absolute atomic E-state index is 0.114. The summed E-state index contributed by atoms with van der Waals surface area (Å²) >= 11 is 0. The predicted octanol–water partition coefficient (Wildman–Crippen LogP) is 3.94. The summed E-state index contributed by atoms with van der Waals surface area (Å²) in [4.78, 5) is 20.3. The first-order valence-electron chi connectivity index (χ1n) is 11.1. The normalized spacial score (nSPS) is 23.3. The molecule has 1 amide bonds. The van der Waals surface area contributed by atoms with Crippen LogP contribution in [0.15, 0.2) is 48.8 Å². The Labute approximate surface area is 186 Å². The number of carboxylic acid groups (broad SMARTS) is 1. The van der Waals surface area contributed by atoms with Gasteiger partial charge in [-0.2, -0.15) is 10.1 Å². The number of piperidine rings is 1. The van der Waals surface area contributed by atoms with Crippen molar-refractivity contribution in [2.45, 2.75) is 50.4 Å². The number of ether oxygens (including phenoxy) is 1. The molecule has 2 fully saturated rings. The molecule has 2 saturated heterocycles. The van der Waals surface area contributed by atoms with Gasteiger partial charge in [-0.3, -0.25) is 0 Å². The summed E-state index contributed by atoms with van der Waals surface area (Å²) in [7, 11) is 2.06. The summed E-state index contributed by atoms with van der Waals surface area (Å²) in [6.45, 7) is 0.471. The van der Waals surface area contributed by atoms with Crippen LogP contribution in [-0.2, 0) is 6.61 Å². The second kappa shape index (κ2) is 7.25. The van der Waals surface area contributed by atoms with E-state index in [1.165, 1.54) is 0 Å². The summed E-state index contributed by atoms with van der Waals surface area (Å²) < 4.78 is 7.89. The Morgan fingerprint density at radius 1 is 1.16 bits per heavy atom. The third-order valence-electron chi connectivity index (χ3n) is 7.20. The number of pyridine rings is 1. The van der Waals surface area contributed by atoms with Crippen molar-refractivity contribution in [1.82, 2.24) is 19.7 Å². The van der Waals surface area contributed by atoms with E-state index in [1.54, 1.807) is 11.1 Å². The molecule has 8 heteroatoms. The van der Waals surface area contributed by atoms with Crippen LogP contribution in [0.5, 0.6) is 5.88 Å². The Bertz CT molecular complexity index is 1160. The molecule has 1 aromatic carbocycles. The Morgan fingerprint density at radius 3 is 2.66 bits per heavy atom. The molecule has 1 N–H and O–H groups in total. The second-order valence-electron chi connectivity index (χ2n) is 8.91. The fourth-order valence-electron chi connectivity index (χ4n) is 5.58. The van der Waals surface area contributed by atoms with Gasteiger partial charge in [0.2, 0.25) is 5.88 Å². The van der Waals surface area contributed by atoms with Gasteiger partial charge in [-0.25, -0.2) is 9.48 Å². The highest BCUT2D eigenvalue weighted by atomic mass is 16.5. The minimum Gasteiger partial charge on any atom is -0.472 e. The van der Waals surface area contributed by atoms with E-state index >= 15 is 0 Å². The zero-order valence-corrected chi connectivity index (χ0v) is 17.9. The Morgan fingerprint density at radius 2 is 1.94 bits per heavy atom.